The molecule has 0 unspecified atom stereocenters. The third kappa shape index (κ3) is 4.23. The van der Waals surface area contributed by atoms with Crippen molar-refractivity contribution in [2.75, 3.05) is 5.32 Å². The number of fused-ring (bicyclic) bond motifs is 1. The predicted molar refractivity (Wildman–Crippen MR) is 119 cm³/mol. The summed E-state index contributed by atoms with van der Waals surface area (Å²) < 4.78 is 1.71. The van der Waals surface area contributed by atoms with Gasteiger partial charge in [0, 0.05) is 16.3 Å². The first kappa shape index (κ1) is 19.7. The second kappa shape index (κ2) is 8.03. The molecular weight excluding hydrogens is 451 g/mol. The molecule has 4 aromatic rings. The highest BCUT2D eigenvalue weighted by atomic mass is 35.5. The third-order valence-corrected chi connectivity index (χ3v) is 5.65. The summed E-state index contributed by atoms with van der Waals surface area (Å²) in [5.74, 6) is 0.295. The highest BCUT2D eigenvalue weighted by Crippen LogP contribution is 2.26. The quantitative estimate of drug-likeness (QED) is 0.433. The summed E-state index contributed by atoms with van der Waals surface area (Å²) in [7, 11) is 0. The van der Waals surface area contributed by atoms with E-state index >= 15 is 0 Å². The van der Waals surface area contributed by atoms with E-state index in [1.165, 1.54) is 17.4 Å². The SMILES string of the molecule is Cc1nnc2sc(-c3ccc(NC(=S)NC(=O)c4cc(Cl)ccc4Cl)cc3)nn12. The lowest BCUT2D eigenvalue weighted by molar-refractivity contribution is 0.0978. The van der Waals surface area contributed by atoms with Crippen LogP contribution in [-0.2, 0) is 0 Å². The molecule has 29 heavy (non-hydrogen) atoms. The topological polar surface area (TPSA) is 84.2 Å². The Kier molecular flexibility index (Phi) is 5.46. The van der Waals surface area contributed by atoms with Crippen LogP contribution in [-0.4, -0.2) is 30.8 Å². The Labute approximate surface area is 184 Å². The van der Waals surface area contributed by atoms with E-state index in [1.807, 2.05) is 31.2 Å². The molecule has 0 atom stereocenters. The molecule has 0 radical (unpaired) electrons. The smallest absolute Gasteiger partial charge is 0.258 e. The molecule has 146 valence electrons. The van der Waals surface area contributed by atoms with Gasteiger partial charge in [-0.05, 0) is 61.6 Å². The molecule has 0 saturated carbocycles. The molecule has 2 N–H and O–H groups in total. The molecule has 2 aromatic carbocycles. The van der Waals surface area contributed by atoms with E-state index in [9.17, 15) is 4.79 Å². The van der Waals surface area contributed by atoms with Crippen LogP contribution in [0.1, 0.15) is 16.2 Å². The van der Waals surface area contributed by atoms with Crippen LogP contribution in [0, 0.1) is 6.92 Å². The van der Waals surface area contributed by atoms with E-state index in [4.69, 9.17) is 35.4 Å². The Bertz CT molecular complexity index is 1240. The molecule has 0 spiro atoms. The average Bonchev–Trinajstić information content (AvgIpc) is 3.26. The van der Waals surface area contributed by atoms with E-state index in [-0.39, 0.29) is 10.7 Å². The van der Waals surface area contributed by atoms with Crippen molar-refractivity contribution in [2.24, 2.45) is 0 Å². The van der Waals surface area contributed by atoms with E-state index in [1.54, 1.807) is 16.6 Å². The number of aromatic nitrogens is 4. The summed E-state index contributed by atoms with van der Waals surface area (Å²) in [6.07, 6.45) is 0. The van der Waals surface area contributed by atoms with Crippen LogP contribution >= 0.6 is 46.8 Å². The molecule has 7 nitrogen and oxygen atoms in total. The van der Waals surface area contributed by atoms with Crippen LogP contribution < -0.4 is 10.6 Å². The van der Waals surface area contributed by atoms with Crippen molar-refractivity contribution >= 4 is 68.4 Å². The Morgan fingerprint density at radius 1 is 1.14 bits per heavy atom. The first-order valence-corrected chi connectivity index (χ1v) is 10.3. The minimum Gasteiger partial charge on any atom is -0.332 e. The molecule has 0 aliphatic carbocycles. The van der Waals surface area contributed by atoms with Gasteiger partial charge in [-0.2, -0.15) is 9.61 Å². The number of hydrogen-bond acceptors (Lipinski definition) is 6. The number of amides is 1. The zero-order valence-electron chi connectivity index (χ0n) is 14.8. The normalized spacial score (nSPS) is 10.9. The number of anilines is 1. The number of aryl methyl sites for hydroxylation is 1. The van der Waals surface area contributed by atoms with Gasteiger partial charge in [0.05, 0.1) is 10.6 Å². The van der Waals surface area contributed by atoms with E-state index in [0.29, 0.717) is 10.0 Å². The van der Waals surface area contributed by atoms with Gasteiger partial charge in [-0.25, -0.2) is 0 Å². The Morgan fingerprint density at radius 3 is 2.62 bits per heavy atom. The lowest BCUT2D eigenvalue weighted by Crippen LogP contribution is -2.34. The maximum absolute atomic E-state index is 12.3. The second-order valence-electron chi connectivity index (χ2n) is 5.96. The number of hydrogen-bond donors (Lipinski definition) is 2. The Balaban J connectivity index is 1.43. The first-order chi connectivity index (χ1) is 13.9. The number of carbonyl (C=O) groups is 1. The van der Waals surface area contributed by atoms with Crippen LogP contribution in [0.5, 0.6) is 0 Å². The molecule has 0 fully saturated rings. The lowest BCUT2D eigenvalue weighted by atomic mass is 10.2. The summed E-state index contributed by atoms with van der Waals surface area (Å²) in [5.41, 5.74) is 1.90. The Morgan fingerprint density at radius 2 is 1.90 bits per heavy atom. The predicted octanol–water partition coefficient (Wildman–Crippen LogP) is 4.59. The molecule has 0 saturated heterocycles. The van der Waals surface area contributed by atoms with Gasteiger partial charge < -0.3 is 5.32 Å². The zero-order valence-corrected chi connectivity index (χ0v) is 18.0. The fourth-order valence-electron chi connectivity index (χ4n) is 2.53. The summed E-state index contributed by atoms with van der Waals surface area (Å²) in [6.45, 7) is 1.85. The number of rotatable bonds is 3. The first-order valence-electron chi connectivity index (χ1n) is 8.27. The molecule has 0 aliphatic rings. The summed E-state index contributed by atoms with van der Waals surface area (Å²) in [6, 6.07) is 12.1. The van der Waals surface area contributed by atoms with Crippen molar-refractivity contribution < 1.29 is 4.79 Å². The number of carbonyl (C=O) groups excluding carboxylic acids is 1. The average molecular weight is 463 g/mol. The fraction of sp³-hybridized carbons (Fsp3) is 0.0556. The van der Waals surface area contributed by atoms with Gasteiger partial charge in [0.15, 0.2) is 10.9 Å². The van der Waals surface area contributed by atoms with E-state index in [2.05, 4.69) is 25.9 Å². The molecule has 1 amide bonds. The van der Waals surface area contributed by atoms with Gasteiger partial charge in [-0.15, -0.1) is 10.2 Å². The van der Waals surface area contributed by atoms with Crippen molar-refractivity contribution in [3.05, 3.63) is 63.9 Å². The number of benzene rings is 2. The maximum Gasteiger partial charge on any atom is 0.258 e. The highest BCUT2D eigenvalue weighted by Gasteiger charge is 2.13. The van der Waals surface area contributed by atoms with Crippen LogP contribution in [0.3, 0.4) is 0 Å². The van der Waals surface area contributed by atoms with Crippen LogP contribution in [0.15, 0.2) is 42.5 Å². The molecular formula is C18H12Cl2N6OS2. The standard InChI is InChI=1S/C18H12Cl2N6OS2/c1-9-23-24-18-26(9)25-16(29-18)10-2-5-12(6-3-10)21-17(28)22-15(27)13-8-11(19)4-7-14(13)20/h2-8H,1H3,(H2,21,22,27,28). The van der Waals surface area contributed by atoms with Crippen molar-refractivity contribution in [2.45, 2.75) is 6.92 Å². The van der Waals surface area contributed by atoms with Crippen LogP contribution in [0.4, 0.5) is 5.69 Å². The molecule has 2 heterocycles. The lowest BCUT2D eigenvalue weighted by Gasteiger charge is -2.11. The van der Waals surface area contributed by atoms with Crippen molar-refractivity contribution in [3.8, 4) is 10.6 Å². The zero-order chi connectivity index (χ0) is 20.5. The summed E-state index contributed by atoms with van der Waals surface area (Å²) >= 11 is 18.6. The van der Waals surface area contributed by atoms with Gasteiger partial charge in [0.1, 0.15) is 5.01 Å². The monoisotopic (exact) mass is 462 g/mol. The fourth-order valence-corrected chi connectivity index (χ4v) is 4.01. The number of nitrogens with one attached hydrogen (secondary N) is 2. The Hall–Kier alpha value is -2.59. The molecule has 0 aliphatic heterocycles. The second-order valence-corrected chi connectivity index (χ2v) is 8.17. The van der Waals surface area contributed by atoms with Gasteiger partial charge in [0.2, 0.25) is 4.96 Å². The maximum atomic E-state index is 12.3. The highest BCUT2D eigenvalue weighted by molar-refractivity contribution is 7.80. The van der Waals surface area contributed by atoms with Gasteiger partial charge in [0.25, 0.3) is 5.91 Å². The van der Waals surface area contributed by atoms with Crippen molar-refractivity contribution in [1.29, 1.82) is 0 Å². The van der Waals surface area contributed by atoms with Crippen molar-refractivity contribution in [1.82, 2.24) is 25.1 Å². The molecule has 11 heteroatoms. The molecule has 2 aromatic heterocycles. The van der Waals surface area contributed by atoms with Crippen LogP contribution in [0.2, 0.25) is 10.0 Å². The number of nitrogens with zero attached hydrogens (tertiary/aromatic N) is 4. The molecule has 0 bridgehead atoms. The number of thiocarbonyl (C=S) groups is 1. The third-order valence-electron chi connectivity index (χ3n) is 3.94. The minimum absolute atomic E-state index is 0.146. The van der Waals surface area contributed by atoms with Crippen LogP contribution in [0.25, 0.3) is 15.5 Å². The van der Waals surface area contributed by atoms with Gasteiger partial charge in [-0.1, -0.05) is 34.5 Å². The number of halogens is 2. The molecule has 4 rings (SSSR count). The largest absolute Gasteiger partial charge is 0.332 e. The van der Waals surface area contributed by atoms with E-state index in [0.717, 1.165) is 27.0 Å². The summed E-state index contributed by atoms with van der Waals surface area (Å²) in [5, 5.41) is 19.8. The van der Waals surface area contributed by atoms with E-state index < -0.39 is 5.91 Å². The minimum atomic E-state index is -0.443. The van der Waals surface area contributed by atoms with Gasteiger partial charge >= 0.3 is 0 Å². The summed E-state index contributed by atoms with van der Waals surface area (Å²) in [4.78, 5) is 13.1. The van der Waals surface area contributed by atoms with Gasteiger partial charge in [-0.3, -0.25) is 10.1 Å². The van der Waals surface area contributed by atoms with Crippen molar-refractivity contribution in [3.63, 3.8) is 0 Å².